The number of halogens is 1. The van der Waals surface area contributed by atoms with Crippen molar-refractivity contribution in [2.75, 3.05) is 10.6 Å². The van der Waals surface area contributed by atoms with Gasteiger partial charge in [-0.15, -0.1) is 0 Å². The van der Waals surface area contributed by atoms with Gasteiger partial charge in [0.15, 0.2) is 0 Å². The fourth-order valence-corrected chi connectivity index (χ4v) is 2.51. The number of nitrogens with one attached hydrogen (secondary N) is 5. The molecule has 1 aliphatic heterocycles. The maximum Gasteiger partial charge on any atom is 0.246 e. The molecule has 0 radical (unpaired) electrons. The third-order valence-corrected chi connectivity index (χ3v) is 3.77. The van der Waals surface area contributed by atoms with Crippen LogP contribution in [-0.2, 0) is 4.79 Å². The fourth-order valence-electron chi connectivity index (χ4n) is 2.31. The zero-order chi connectivity index (χ0) is 16.2. The normalized spacial score (nSPS) is 20.3. The number of carbonyl (C=O) groups is 1. The summed E-state index contributed by atoms with van der Waals surface area (Å²) in [4.78, 5) is 12.4. The largest absolute Gasteiger partial charge is 0.367 e. The lowest BCUT2D eigenvalue weighted by Gasteiger charge is -2.20. The van der Waals surface area contributed by atoms with Gasteiger partial charge < -0.3 is 10.6 Å². The molecule has 23 heavy (non-hydrogen) atoms. The quantitative estimate of drug-likeness (QED) is 0.592. The molecule has 2 unspecified atom stereocenters. The van der Waals surface area contributed by atoms with Crippen LogP contribution in [0.4, 0.5) is 11.4 Å². The highest BCUT2D eigenvalue weighted by atomic mass is 35.5. The first-order valence-electron chi connectivity index (χ1n) is 7.27. The van der Waals surface area contributed by atoms with Crippen molar-refractivity contribution in [3.05, 3.63) is 59.1 Å². The van der Waals surface area contributed by atoms with Crippen molar-refractivity contribution >= 4 is 28.9 Å². The first kappa shape index (κ1) is 15.8. The lowest BCUT2D eigenvalue weighted by molar-refractivity contribution is -0.118. The SMILES string of the molecule is Cc1ccc(NC(=O)C2NNNC2Nc2cccc(Cl)c2)cc1. The summed E-state index contributed by atoms with van der Waals surface area (Å²) in [5, 5.41) is 6.75. The third kappa shape index (κ3) is 4.00. The number of carbonyl (C=O) groups excluding carboxylic acids is 1. The van der Waals surface area contributed by atoms with Crippen LogP contribution in [0.5, 0.6) is 0 Å². The van der Waals surface area contributed by atoms with Crippen LogP contribution < -0.4 is 27.0 Å². The van der Waals surface area contributed by atoms with E-state index in [1.807, 2.05) is 43.3 Å². The van der Waals surface area contributed by atoms with E-state index < -0.39 is 6.04 Å². The van der Waals surface area contributed by atoms with Gasteiger partial charge in [-0.25, -0.2) is 10.9 Å². The van der Waals surface area contributed by atoms with Crippen LogP contribution in [0, 0.1) is 6.92 Å². The molecule has 0 spiro atoms. The van der Waals surface area contributed by atoms with E-state index in [2.05, 4.69) is 27.0 Å². The van der Waals surface area contributed by atoms with Gasteiger partial charge in [0.1, 0.15) is 12.2 Å². The van der Waals surface area contributed by atoms with Crippen molar-refractivity contribution < 1.29 is 4.79 Å². The van der Waals surface area contributed by atoms with Gasteiger partial charge in [-0.3, -0.25) is 4.79 Å². The highest BCUT2D eigenvalue weighted by Crippen LogP contribution is 2.17. The number of amides is 1. The van der Waals surface area contributed by atoms with Crippen LogP contribution in [0.15, 0.2) is 48.5 Å². The van der Waals surface area contributed by atoms with Gasteiger partial charge in [-0.2, -0.15) is 5.53 Å². The van der Waals surface area contributed by atoms with Crippen molar-refractivity contribution in [2.24, 2.45) is 0 Å². The van der Waals surface area contributed by atoms with Gasteiger partial charge in [-0.1, -0.05) is 35.4 Å². The standard InChI is InChI=1S/C16H18ClN5O/c1-10-5-7-12(8-6-10)19-16(23)14-15(21-22-20-14)18-13-4-2-3-11(17)9-13/h2-9,14-15,18,20-22H,1H3,(H,19,23). The van der Waals surface area contributed by atoms with Gasteiger partial charge in [0.05, 0.1) is 0 Å². The molecule has 0 bridgehead atoms. The molecule has 1 aliphatic rings. The van der Waals surface area contributed by atoms with E-state index in [0.29, 0.717) is 5.02 Å². The molecular weight excluding hydrogens is 314 g/mol. The minimum absolute atomic E-state index is 0.147. The van der Waals surface area contributed by atoms with Gasteiger partial charge in [0, 0.05) is 16.4 Å². The van der Waals surface area contributed by atoms with Crippen molar-refractivity contribution in [3.63, 3.8) is 0 Å². The lowest BCUT2D eigenvalue weighted by Crippen LogP contribution is -2.47. The molecule has 2 aromatic carbocycles. The monoisotopic (exact) mass is 331 g/mol. The molecule has 2 aromatic rings. The third-order valence-electron chi connectivity index (χ3n) is 3.54. The predicted octanol–water partition coefficient (Wildman–Crippen LogP) is 2.01. The molecule has 2 atom stereocenters. The van der Waals surface area contributed by atoms with Crippen LogP contribution in [0.1, 0.15) is 5.56 Å². The summed E-state index contributed by atoms with van der Waals surface area (Å²) < 4.78 is 0. The van der Waals surface area contributed by atoms with Gasteiger partial charge in [0.2, 0.25) is 5.91 Å². The topological polar surface area (TPSA) is 77.2 Å². The molecule has 1 heterocycles. The predicted molar refractivity (Wildman–Crippen MR) is 91.9 cm³/mol. The summed E-state index contributed by atoms with van der Waals surface area (Å²) in [5.41, 5.74) is 11.4. The molecule has 7 heteroatoms. The van der Waals surface area contributed by atoms with E-state index in [4.69, 9.17) is 11.6 Å². The van der Waals surface area contributed by atoms with Crippen molar-refractivity contribution in [3.8, 4) is 0 Å². The minimum Gasteiger partial charge on any atom is -0.367 e. The molecule has 5 N–H and O–H groups in total. The number of hydrogen-bond acceptors (Lipinski definition) is 5. The van der Waals surface area contributed by atoms with Gasteiger partial charge in [0.25, 0.3) is 0 Å². The van der Waals surface area contributed by atoms with Crippen LogP contribution in [0.2, 0.25) is 5.02 Å². The van der Waals surface area contributed by atoms with E-state index in [1.54, 1.807) is 12.1 Å². The lowest BCUT2D eigenvalue weighted by atomic mass is 10.2. The highest BCUT2D eigenvalue weighted by Gasteiger charge is 2.32. The Kier molecular flexibility index (Phi) is 4.78. The molecular formula is C16H18ClN5O. The highest BCUT2D eigenvalue weighted by molar-refractivity contribution is 6.30. The van der Waals surface area contributed by atoms with Gasteiger partial charge >= 0.3 is 0 Å². The molecule has 3 rings (SSSR count). The molecule has 0 aromatic heterocycles. The van der Waals surface area contributed by atoms with E-state index in [1.165, 1.54) is 0 Å². The van der Waals surface area contributed by atoms with Crippen LogP contribution in [-0.4, -0.2) is 18.1 Å². The van der Waals surface area contributed by atoms with E-state index in [-0.39, 0.29) is 12.1 Å². The zero-order valence-electron chi connectivity index (χ0n) is 12.6. The second-order valence-electron chi connectivity index (χ2n) is 5.38. The number of rotatable bonds is 4. The Morgan fingerprint density at radius 1 is 1.09 bits per heavy atom. The molecule has 1 saturated heterocycles. The number of hydrogen-bond donors (Lipinski definition) is 5. The second-order valence-corrected chi connectivity index (χ2v) is 5.82. The summed E-state index contributed by atoms with van der Waals surface area (Å²) in [5.74, 6) is -0.147. The van der Waals surface area contributed by atoms with E-state index in [9.17, 15) is 4.79 Å². The van der Waals surface area contributed by atoms with Crippen LogP contribution in [0.25, 0.3) is 0 Å². The van der Waals surface area contributed by atoms with Crippen LogP contribution in [0.3, 0.4) is 0 Å². The Bertz CT molecular complexity index is 691. The first-order chi connectivity index (χ1) is 11.1. The summed E-state index contributed by atoms with van der Waals surface area (Å²) in [6, 6.07) is 14.5. The van der Waals surface area contributed by atoms with E-state index in [0.717, 1.165) is 16.9 Å². The Morgan fingerprint density at radius 2 is 1.87 bits per heavy atom. The number of hydrazine groups is 2. The number of anilines is 2. The van der Waals surface area contributed by atoms with Crippen molar-refractivity contribution in [1.29, 1.82) is 0 Å². The minimum atomic E-state index is -0.490. The van der Waals surface area contributed by atoms with Crippen molar-refractivity contribution in [1.82, 2.24) is 16.4 Å². The number of aryl methyl sites for hydroxylation is 1. The maximum atomic E-state index is 12.4. The summed E-state index contributed by atoms with van der Waals surface area (Å²) in [6.07, 6.45) is -0.320. The molecule has 6 nitrogen and oxygen atoms in total. The fraction of sp³-hybridized carbons (Fsp3) is 0.188. The zero-order valence-corrected chi connectivity index (χ0v) is 13.3. The molecule has 120 valence electrons. The summed E-state index contributed by atoms with van der Waals surface area (Å²) >= 11 is 5.98. The Hall–Kier alpha value is -2.12. The average molecular weight is 332 g/mol. The first-order valence-corrected chi connectivity index (χ1v) is 7.65. The molecule has 0 saturated carbocycles. The Morgan fingerprint density at radius 3 is 2.61 bits per heavy atom. The number of benzene rings is 2. The summed E-state index contributed by atoms with van der Waals surface area (Å²) in [7, 11) is 0. The molecule has 1 amide bonds. The van der Waals surface area contributed by atoms with E-state index >= 15 is 0 Å². The Balaban J connectivity index is 1.66. The molecule has 0 aliphatic carbocycles. The van der Waals surface area contributed by atoms with Gasteiger partial charge in [-0.05, 0) is 37.3 Å². The maximum absolute atomic E-state index is 12.4. The average Bonchev–Trinajstić information content (AvgIpc) is 2.98. The smallest absolute Gasteiger partial charge is 0.246 e. The molecule has 1 fully saturated rings. The summed E-state index contributed by atoms with van der Waals surface area (Å²) in [6.45, 7) is 2.00. The van der Waals surface area contributed by atoms with Crippen molar-refractivity contribution in [2.45, 2.75) is 19.1 Å². The van der Waals surface area contributed by atoms with Crippen LogP contribution >= 0.6 is 11.6 Å². The Labute approximate surface area is 139 Å². The second kappa shape index (κ2) is 6.97.